The zero-order chi connectivity index (χ0) is 20.2. The molecule has 5 atom stereocenters. The lowest BCUT2D eigenvalue weighted by Crippen LogP contribution is -3.00. The maximum atomic E-state index is 12.8. The Morgan fingerprint density at radius 1 is 1.27 bits per heavy atom. The first-order valence-corrected chi connectivity index (χ1v) is 11.2. The first-order chi connectivity index (χ1) is 14.0. The number of hydrogen-bond acceptors (Lipinski definition) is 4. The summed E-state index contributed by atoms with van der Waals surface area (Å²) in [5, 5.41) is 9.86. The second-order valence-corrected chi connectivity index (χ2v) is 9.94. The quantitative estimate of drug-likeness (QED) is 0.362. The van der Waals surface area contributed by atoms with Crippen molar-refractivity contribution >= 4 is 5.97 Å². The van der Waals surface area contributed by atoms with Crippen LogP contribution in [0, 0.1) is 23.2 Å². The molecule has 1 heterocycles. The van der Waals surface area contributed by atoms with Crippen LogP contribution in [0.25, 0.3) is 0 Å². The lowest BCUT2D eigenvalue weighted by molar-refractivity contribution is -0.155. The predicted octanol–water partition coefficient (Wildman–Crippen LogP) is 1.24. The summed E-state index contributed by atoms with van der Waals surface area (Å²) in [7, 11) is 2.03. The van der Waals surface area contributed by atoms with Gasteiger partial charge >= 0.3 is 5.97 Å². The Morgan fingerprint density at radius 3 is 2.90 bits per heavy atom. The van der Waals surface area contributed by atoms with Crippen LogP contribution in [0.3, 0.4) is 0 Å². The lowest BCUT2D eigenvalue weighted by Gasteiger charge is -2.50. The molecular weight excluding hydrogens is 489 g/mol. The van der Waals surface area contributed by atoms with E-state index in [2.05, 4.69) is 17.9 Å². The average Bonchev–Trinajstić information content (AvgIpc) is 3.04. The SMILES string of the molecule is CN1CC=C[C+](C(=O)O[C@H]2CC[C@H]3[C@@H]4CCc5cc(O)ccc5[C@H]4CC[C@]23C)C1.[I-]. The van der Waals surface area contributed by atoms with Crippen LogP contribution in [0.4, 0.5) is 0 Å². The van der Waals surface area contributed by atoms with Crippen LogP contribution in [-0.2, 0) is 16.0 Å². The van der Waals surface area contributed by atoms with E-state index in [1.807, 2.05) is 31.3 Å². The molecule has 30 heavy (non-hydrogen) atoms. The monoisotopic (exact) mass is 521 g/mol. The molecule has 1 N–H and O–H groups in total. The Labute approximate surface area is 197 Å². The minimum Gasteiger partial charge on any atom is -1.00 e. The number of ether oxygens (including phenoxy) is 1. The highest BCUT2D eigenvalue weighted by Crippen LogP contribution is 2.61. The third kappa shape index (κ3) is 3.66. The molecule has 0 unspecified atom stereocenters. The van der Waals surface area contributed by atoms with Gasteiger partial charge < -0.3 is 33.8 Å². The van der Waals surface area contributed by atoms with E-state index in [4.69, 9.17) is 4.74 Å². The van der Waals surface area contributed by atoms with E-state index in [9.17, 15) is 9.90 Å². The predicted molar refractivity (Wildman–Crippen MR) is 112 cm³/mol. The molecule has 4 aliphatic rings. The Hall–Kier alpha value is -1.21. The largest absolute Gasteiger partial charge is 1.00 e. The number of likely N-dealkylation sites (N-methyl/N-ethyl adjacent to an activating group) is 1. The number of nitrogens with zero attached hydrogens (tertiary/aromatic N) is 1. The van der Waals surface area contributed by atoms with E-state index in [1.165, 1.54) is 17.5 Å². The molecule has 0 spiro atoms. The number of phenolic OH excluding ortho intramolecular Hbond substituents is 1. The number of fused-ring (bicyclic) bond motifs is 5. The molecule has 1 aromatic rings. The highest BCUT2D eigenvalue weighted by molar-refractivity contribution is 5.88. The number of esters is 1. The van der Waals surface area contributed by atoms with E-state index < -0.39 is 0 Å². The zero-order valence-electron chi connectivity index (χ0n) is 17.9. The van der Waals surface area contributed by atoms with Crippen LogP contribution in [0.15, 0.2) is 30.4 Å². The van der Waals surface area contributed by atoms with Crippen molar-refractivity contribution in [3.8, 4) is 5.75 Å². The molecule has 0 amide bonds. The van der Waals surface area contributed by atoms with Gasteiger partial charge in [0.05, 0.1) is 12.6 Å². The molecule has 0 saturated heterocycles. The number of aromatic hydroxyl groups is 1. The molecule has 1 aromatic carbocycles. The second-order valence-electron chi connectivity index (χ2n) is 9.94. The van der Waals surface area contributed by atoms with Crippen LogP contribution in [0.2, 0.25) is 0 Å². The number of carbonyl (C=O) groups excluding carboxylic acids is 1. The zero-order valence-corrected chi connectivity index (χ0v) is 20.1. The summed E-state index contributed by atoms with van der Waals surface area (Å²) >= 11 is 0. The molecule has 0 bridgehead atoms. The Bertz CT molecular complexity index is 840. The topological polar surface area (TPSA) is 49.8 Å². The summed E-state index contributed by atoms with van der Waals surface area (Å²) in [6, 6.07) is 5.96. The van der Waals surface area contributed by atoms with Gasteiger partial charge in [-0.1, -0.05) is 13.0 Å². The summed E-state index contributed by atoms with van der Waals surface area (Å²) < 4.78 is 6.15. The van der Waals surface area contributed by atoms with Crippen molar-refractivity contribution < 1.29 is 38.6 Å². The van der Waals surface area contributed by atoms with Gasteiger partial charge in [0.15, 0.2) is 5.92 Å². The first kappa shape index (κ1) is 22.0. The number of halogens is 1. The third-order valence-electron chi connectivity index (χ3n) is 8.31. The molecule has 1 aliphatic heterocycles. The van der Waals surface area contributed by atoms with Crippen LogP contribution in [0.5, 0.6) is 5.75 Å². The molecule has 0 radical (unpaired) electrons. The third-order valence-corrected chi connectivity index (χ3v) is 8.31. The number of hydrogen-bond donors (Lipinski definition) is 1. The number of benzene rings is 1. The molecule has 162 valence electrons. The van der Waals surface area contributed by atoms with Gasteiger partial charge in [-0.25, -0.2) is 4.79 Å². The minimum atomic E-state index is -0.119. The molecule has 3 aliphatic carbocycles. The van der Waals surface area contributed by atoms with Crippen molar-refractivity contribution in [3.63, 3.8) is 0 Å². The maximum absolute atomic E-state index is 12.8. The maximum Gasteiger partial charge on any atom is 0.420 e. The van der Waals surface area contributed by atoms with Crippen molar-refractivity contribution in [1.29, 1.82) is 0 Å². The van der Waals surface area contributed by atoms with E-state index in [0.29, 0.717) is 30.0 Å². The van der Waals surface area contributed by atoms with Crippen LogP contribution in [0.1, 0.15) is 56.1 Å². The Kier molecular flexibility index (Phi) is 6.14. The van der Waals surface area contributed by atoms with Gasteiger partial charge in [-0.15, -0.1) is 0 Å². The number of phenols is 1. The summed E-state index contributed by atoms with van der Waals surface area (Å²) in [4.78, 5) is 15.0. The summed E-state index contributed by atoms with van der Waals surface area (Å²) in [6.45, 7) is 3.94. The molecule has 4 nitrogen and oxygen atoms in total. The number of rotatable bonds is 2. The normalized spacial score (nSPS) is 35.1. The molecular formula is C25H32INO3. The average molecular weight is 521 g/mol. The van der Waals surface area contributed by atoms with E-state index in [1.54, 1.807) is 0 Å². The minimum absolute atomic E-state index is 0. The van der Waals surface area contributed by atoms with Crippen molar-refractivity contribution in [1.82, 2.24) is 4.90 Å². The van der Waals surface area contributed by atoms with Gasteiger partial charge in [0.2, 0.25) is 0 Å². The van der Waals surface area contributed by atoms with Crippen molar-refractivity contribution in [2.24, 2.45) is 17.3 Å². The Balaban J connectivity index is 0.00000218. The number of aryl methyl sites for hydroxylation is 1. The Morgan fingerprint density at radius 2 is 2.10 bits per heavy atom. The molecule has 2 fully saturated rings. The lowest BCUT2D eigenvalue weighted by atomic mass is 9.55. The fraction of sp³-hybridized carbons (Fsp3) is 0.600. The van der Waals surface area contributed by atoms with E-state index in [0.717, 1.165) is 44.6 Å². The molecule has 5 heteroatoms. The van der Waals surface area contributed by atoms with E-state index >= 15 is 0 Å². The summed E-state index contributed by atoms with van der Waals surface area (Å²) in [6.07, 6.45) is 10.7. The fourth-order valence-electron chi connectivity index (χ4n) is 6.83. The van der Waals surface area contributed by atoms with Gasteiger partial charge in [0, 0.05) is 5.41 Å². The van der Waals surface area contributed by atoms with Gasteiger partial charge in [-0.05, 0) is 86.6 Å². The second kappa shape index (κ2) is 8.38. The smallest absolute Gasteiger partial charge is 0.420 e. The van der Waals surface area contributed by atoms with Gasteiger partial charge in [0.25, 0.3) is 0 Å². The molecule has 0 aromatic heterocycles. The number of carbonyl (C=O) groups is 1. The fourth-order valence-corrected chi connectivity index (χ4v) is 6.83. The standard InChI is InChI=1S/C25H31NO3.HI/c1-25-12-11-20-19-8-6-18(27)14-16(19)5-7-21(20)22(25)9-10-23(25)29-24(28)17-4-3-13-26(2)15-17;/h3-4,6,8,14,20-23H,5,7,9-13,15H2,1-2H3;1H/t20-,21-,22+,23+,25+;/m1./s1. The van der Waals surface area contributed by atoms with Crippen molar-refractivity contribution in [2.75, 3.05) is 20.1 Å². The van der Waals surface area contributed by atoms with Crippen LogP contribution in [-0.4, -0.2) is 42.2 Å². The highest BCUT2D eigenvalue weighted by atomic mass is 127. The molecule has 5 rings (SSSR count). The van der Waals surface area contributed by atoms with Crippen molar-refractivity contribution in [3.05, 3.63) is 47.4 Å². The van der Waals surface area contributed by atoms with Crippen LogP contribution >= 0.6 is 0 Å². The van der Waals surface area contributed by atoms with Crippen molar-refractivity contribution in [2.45, 2.75) is 57.5 Å². The van der Waals surface area contributed by atoms with Gasteiger partial charge in [-0.3, -0.25) is 4.90 Å². The van der Waals surface area contributed by atoms with Gasteiger partial charge in [0.1, 0.15) is 24.5 Å². The molecule has 2 saturated carbocycles. The summed E-state index contributed by atoms with van der Waals surface area (Å²) in [5.41, 5.74) is 2.88. The van der Waals surface area contributed by atoms with Gasteiger partial charge in [-0.2, -0.15) is 0 Å². The van der Waals surface area contributed by atoms with E-state index in [-0.39, 0.29) is 41.5 Å². The highest BCUT2D eigenvalue weighted by Gasteiger charge is 2.56. The van der Waals surface area contributed by atoms with Crippen LogP contribution < -0.4 is 24.0 Å². The first-order valence-electron chi connectivity index (χ1n) is 11.2. The summed E-state index contributed by atoms with van der Waals surface area (Å²) in [5.74, 6) is 2.93.